The molecular weight excluding hydrogens is 347 g/mol. The third-order valence-corrected chi connectivity index (χ3v) is 5.50. The summed E-state index contributed by atoms with van der Waals surface area (Å²) in [6.07, 6.45) is 3.20. The summed E-state index contributed by atoms with van der Waals surface area (Å²) in [6.45, 7) is 4.08. The van der Waals surface area contributed by atoms with E-state index in [2.05, 4.69) is 14.8 Å². The van der Waals surface area contributed by atoms with Crippen molar-refractivity contribution in [1.82, 2.24) is 14.9 Å². The van der Waals surface area contributed by atoms with Crippen LogP contribution < -0.4 is 15.2 Å². The molecule has 144 valence electrons. The number of halogens is 1. The maximum absolute atomic E-state index is 14.2. The molecule has 0 saturated carbocycles. The maximum atomic E-state index is 14.2. The first-order valence-corrected chi connectivity index (χ1v) is 9.53. The highest BCUT2D eigenvalue weighted by Crippen LogP contribution is 2.28. The van der Waals surface area contributed by atoms with Gasteiger partial charge in [-0.2, -0.15) is 0 Å². The molecule has 1 atom stereocenters. The molecule has 7 heteroatoms. The lowest BCUT2D eigenvalue weighted by Gasteiger charge is -2.19. The molecule has 2 aliphatic rings. The molecule has 6 nitrogen and oxygen atoms in total. The SMILES string of the molecule is COc1ccc(CN2CCC(c3cc(=O)[nH]c(N4CCCC4)n3)C2)c(F)c1. The highest BCUT2D eigenvalue weighted by atomic mass is 19.1. The van der Waals surface area contributed by atoms with Gasteiger partial charge >= 0.3 is 0 Å². The number of hydrogen-bond donors (Lipinski definition) is 1. The van der Waals surface area contributed by atoms with Crippen molar-refractivity contribution in [3.8, 4) is 5.75 Å². The zero-order chi connectivity index (χ0) is 18.8. The summed E-state index contributed by atoms with van der Waals surface area (Å²) >= 11 is 0. The van der Waals surface area contributed by atoms with Crippen molar-refractivity contribution < 1.29 is 9.13 Å². The highest BCUT2D eigenvalue weighted by molar-refractivity contribution is 5.33. The van der Waals surface area contributed by atoms with Crippen molar-refractivity contribution in [2.75, 3.05) is 38.2 Å². The lowest BCUT2D eigenvalue weighted by molar-refractivity contribution is 0.320. The predicted octanol–water partition coefficient (Wildman–Crippen LogP) is 2.51. The molecule has 1 N–H and O–H groups in total. The maximum Gasteiger partial charge on any atom is 0.252 e. The Kier molecular flexibility index (Phi) is 5.11. The Labute approximate surface area is 158 Å². The summed E-state index contributed by atoms with van der Waals surface area (Å²) in [4.78, 5) is 24.1. The van der Waals surface area contributed by atoms with Crippen LogP contribution >= 0.6 is 0 Å². The van der Waals surface area contributed by atoms with Crippen LogP contribution in [-0.4, -0.2) is 48.2 Å². The minimum atomic E-state index is -0.247. The molecule has 27 heavy (non-hydrogen) atoms. The number of aromatic amines is 1. The number of aromatic nitrogens is 2. The predicted molar refractivity (Wildman–Crippen MR) is 102 cm³/mol. The molecular formula is C20H25FN4O2. The van der Waals surface area contributed by atoms with Crippen LogP contribution in [0.25, 0.3) is 0 Å². The van der Waals surface area contributed by atoms with Crippen LogP contribution in [0, 0.1) is 5.82 Å². The van der Waals surface area contributed by atoms with Crippen LogP contribution in [0.2, 0.25) is 0 Å². The van der Waals surface area contributed by atoms with Gasteiger partial charge in [0, 0.05) is 49.8 Å². The summed E-state index contributed by atoms with van der Waals surface area (Å²) in [6, 6.07) is 6.59. The number of ether oxygens (including phenoxy) is 1. The molecule has 0 amide bonds. The topological polar surface area (TPSA) is 61.5 Å². The Hall–Kier alpha value is -2.41. The molecule has 2 aromatic rings. The van der Waals surface area contributed by atoms with Crippen molar-refractivity contribution in [3.63, 3.8) is 0 Å². The minimum absolute atomic E-state index is 0.0958. The molecule has 1 aromatic heterocycles. The average Bonchev–Trinajstić information content (AvgIpc) is 3.35. The smallest absolute Gasteiger partial charge is 0.252 e. The number of anilines is 1. The van der Waals surface area contributed by atoms with Gasteiger partial charge in [-0.05, 0) is 31.9 Å². The van der Waals surface area contributed by atoms with Gasteiger partial charge in [0.25, 0.3) is 5.56 Å². The van der Waals surface area contributed by atoms with Gasteiger partial charge in [-0.1, -0.05) is 6.07 Å². The van der Waals surface area contributed by atoms with E-state index in [9.17, 15) is 9.18 Å². The number of nitrogens with zero attached hydrogens (tertiary/aromatic N) is 3. The van der Waals surface area contributed by atoms with Gasteiger partial charge in [-0.25, -0.2) is 9.37 Å². The van der Waals surface area contributed by atoms with Gasteiger partial charge in [0.15, 0.2) is 0 Å². The molecule has 4 rings (SSSR count). The first-order chi connectivity index (χ1) is 13.1. The van der Waals surface area contributed by atoms with Crippen LogP contribution in [0.4, 0.5) is 10.3 Å². The van der Waals surface area contributed by atoms with Crippen molar-refractivity contribution in [2.24, 2.45) is 0 Å². The van der Waals surface area contributed by atoms with Crippen LogP contribution in [0.3, 0.4) is 0 Å². The van der Waals surface area contributed by atoms with Gasteiger partial charge < -0.3 is 9.64 Å². The first kappa shape index (κ1) is 18.0. The zero-order valence-electron chi connectivity index (χ0n) is 15.6. The summed E-state index contributed by atoms with van der Waals surface area (Å²) in [7, 11) is 1.53. The van der Waals surface area contributed by atoms with Crippen LogP contribution in [-0.2, 0) is 6.54 Å². The number of H-pyrrole nitrogens is 1. The molecule has 1 aromatic carbocycles. The average molecular weight is 372 g/mol. The first-order valence-electron chi connectivity index (χ1n) is 9.53. The Balaban J connectivity index is 1.46. The summed E-state index contributed by atoms with van der Waals surface area (Å²) in [5.74, 6) is 1.17. The van der Waals surface area contributed by atoms with Crippen LogP contribution in [0.5, 0.6) is 5.75 Å². The lowest BCUT2D eigenvalue weighted by Crippen LogP contribution is -2.25. The molecule has 0 spiro atoms. The number of likely N-dealkylation sites (tertiary alicyclic amines) is 1. The van der Waals surface area contributed by atoms with E-state index in [4.69, 9.17) is 9.72 Å². The molecule has 2 saturated heterocycles. The number of rotatable bonds is 5. The standard InChI is InChI=1S/C20H25FN4O2/c1-27-16-5-4-14(17(21)10-16)12-24-9-6-15(13-24)18-11-19(26)23-20(22-18)25-7-2-3-8-25/h4-5,10-11,15H,2-3,6-9,12-13H2,1H3,(H,22,23,26). The van der Waals surface area contributed by atoms with E-state index in [1.165, 1.54) is 13.2 Å². The van der Waals surface area contributed by atoms with E-state index in [-0.39, 0.29) is 17.3 Å². The monoisotopic (exact) mass is 372 g/mol. The Morgan fingerprint density at radius 1 is 1.26 bits per heavy atom. The second-order valence-electron chi connectivity index (χ2n) is 7.37. The van der Waals surface area contributed by atoms with Crippen LogP contribution in [0.1, 0.15) is 36.4 Å². The summed E-state index contributed by atoms with van der Waals surface area (Å²) < 4.78 is 19.3. The molecule has 1 unspecified atom stereocenters. The third-order valence-electron chi connectivity index (χ3n) is 5.50. The van der Waals surface area contributed by atoms with E-state index in [0.717, 1.165) is 51.1 Å². The van der Waals surface area contributed by atoms with E-state index >= 15 is 0 Å². The minimum Gasteiger partial charge on any atom is -0.497 e. The van der Waals surface area contributed by atoms with E-state index < -0.39 is 0 Å². The van der Waals surface area contributed by atoms with Crippen molar-refractivity contribution in [3.05, 3.63) is 51.7 Å². The second-order valence-corrected chi connectivity index (χ2v) is 7.37. The molecule has 3 heterocycles. The summed E-state index contributed by atoms with van der Waals surface area (Å²) in [5.41, 5.74) is 1.41. The molecule has 2 aliphatic heterocycles. The third kappa shape index (κ3) is 3.98. The van der Waals surface area contributed by atoms with E-state index in [1.54, 1.807) is 18.2 Å². The van der Waals surface area contributed by atoms with E-state index in [0.29, 0.717) is 23.8 Å². The fourth-order valence-corrected chi connectivity index (χ4v) is 3.99. The Morgan fingerprint density at radius 2 is 2.07 bits per heavy atom. The fourth-order valence-electron chi connectivity index (χ4n) is 3.99. The van der Waals surface area contributed by atoms with Gasteiger partial charge in [0.1, 0.15) is 11.6 Å². The number of hydrogen-bond acceptors (Lipinski definition) is 5. The number of nitrogens with one attached hydrogen (secondary N) is 1. The van der Waals surface area contributed by atoms with Crippen molar-refractivity contribution in [2.45, 2.75) is 31.7 Å². The van der Waals surface area contributed by atoms with Crippen molar-refractivity contribution in [1.29, 1.82) is 0 Å². The number of benzene rings is 1. The quantitative estimate of drug-likeness (QED) is 0.874. The van der Waals surface area contributed by atoms with Gasteiger partial charge in [0.2, 0.25) is 5.95 Å². The number of methoxy groups -OCH3 is 1. The second kappa shape index (κ2) is 7.68. The fraction of sp³-hybridized carbons (Fsp3) is 0.500. The molecule has 2 fully saturated rings. The lowest BCUT2D eigenvalue weighted by atomic mass is 10.0. The van der Waals surface area contributed by atoms with Crippen molar-refractivity contribution >= 4 is 5.95 Å². The van der Waals surface area contributed by atoms with Gasteiger partial charge in [-0.15, -0.1) is 0 Å². The zero-order valence-corrected chi connectivity index (χ0v) is 15.6. The highest BCUT2D eigenvalue weighted by Gasteiger charge is 2.27. The van der Waals surface area contributed by atoms with Gasteiger partial charge in [0.05, 0.1) is 12.8 Å². The van der Waals surface area contributed by atoms with Gasteiger partial charge in [-0.3, -0.25) is 14.7 Å². The molecule has 0 aliphatic carbocycles. The largest absolute Gasteiger partial charge is 0.497 e. The molecule has 0 radical (unpaired) electrons. The normalized spacial score (nSPS) is 20.4. The van der Waals surface area contributed by atoms with E-state index in [1.807, 2.05) is 0 Å². The Bertz CT molecular complexity index is 863. The summed E-state index contributed by atoms with van der Waals surface area (Å²) in [5, 5.41) is 0. The Morgan fingerprint density at radius 3 is 2.81 bits per heavy atom. The molecule has 0 bridgehead atoms. The van der Waals surface area contributed by atoms with Crippen LogP contribution in [0.15, 0.2) is 29.1 Å².